The van der Waals surface area contributed by atoms with Crippen molar-refractivity contribution in [2.75, 3.05) is 6.54 Å². The molecule has 1 nitrogen and oxygen atoms in total. The van der Waals surface area contributed by atoms with Crippen molar-refractivity contribution >= 4 is 22.9 Å². The maximum atomic E-state index is 3.21. The molecule has 0 bridgehead atoms. The smallest absolute Gasteiger partial charge is 0.0169 e. The summed E-state index contributed by atoms with van der Waals surface area (Å²) in [6, 6.07) is 0. The number of rotatable bonds is 7. The summed E-state index contributed by atoms with van der Waals surface area (Å²) in [6.45, 7) is 8.11. The lowest BCUT2D eigenvalue weighted by molar-refractivity contribution is 0.289. The van der Waals surface area contributed by atoms with Crippen molar-refractivity contribution < 1.29 is 0 Å². The molecule has 12 heavy (non-hydrogen) atoms. The van der Waals surface area contributed by atoms with Crippen molar-refractivity contribution in [3.63, 3.8) is 0 Å². The van der Waals surface area contributed by atoms with E-state index in [9.17, 15) is 0 Å². The topological polar surface area (TPSA) is 12.0 Å². The minimum absolute atomic E-state index is 0.933. The number of halogens is 1. The van der Waals surface area contributed by atoms with Gasteiger partial charge in [0, 0.05) is 29.4 Å². The van der Waals surface area contributed by atoms with Crippen LogP contribution in [0.2, 0.25) is 0 Å². The van der Waals surface area contributed by atoms with E-state index in [1.54, 1.807) is 0 Å². The average Bonchev–Trinajstić information content (AvgIpc) is 2.12. The highest BCUT2D eigenvalue weighted by atomic mass is 127. The zero-order chi connectivity index (χ0) is 9.40. The summed E-state index contributed by atoms with van der Waals surface area (Å²) < 4.78 is 3.21. The van der Waals surface area contributed by atoms with Crippen LogP contribution in [0.1, 0.15) is 46.5 Å². The molecule has 1 unspecified atom stereocenters. The molecule has 0 spiro atoms. The molecule has 0 aliphatic heterocycles. The number of hydrogen-bond acceptors (Lipinski definition) is 1. The second kappa shape index (κ2) is 8.30. The SMILES string of the molecule is CCC(CC)C(CC)CCNI. The molecule has 0 amide bonds. The van der Waals surface area contributed by atoms with E-state index >= 15 is 0 Å². The molecule has 0 radical (unpaired) electrons. The highest BCUT2D eigenvalue weighted by molar-refractivity contribution is 14.1. The van der Waals surface area contributed by atoms with E-state index in [0.29, 0.717) is 0 Å². The molecule has 0 aliphatic carbocycles. The van der Waals surface area contributed by atoms with Gasteiger partial charge in [-0.3, -0.25) is 3.53 Å². The summed E-state index contributed by atoms with van der Waals surface area (Å²) in [4.78, 5) is 0. The fraction of sp³-hybridized carbons (Fsp3) is 1.00. The molecule has 0 aliphatic rings. The summed E-state index contributed by atoms with van der Waals surface area (Å²) in [6.07, 6.45) is 5.36. The molecular formula is C10H22IN. The fourth-order valence-electron chi connectivity index (χ4n) is 1.97. The largest absolute Gasteiger partial charge is 0.261 e. The van der Waals surface area contributed by atoms with Crippen LogP contribution in [0.4, 0.5) is 0 Å². The summed E-state index contributed by atoms with van der Waals surface area (Å²) in [5.74, 6) is 1.88. The van der Waals surface area contributed by atoms with E-state index < -0.39 is 0 Å². The standard InChI is InChI=1S/C10H22IN/c1-4-9(5-2)10(6-3)7-8-12-11/h9-10,12H,4-8H2,1-3H3. The first-order valence-electron chi connectivity index (χ1n) is 5.13. The molecule has 74 valence electrons. The van der Waals surface area contributed by atoms with Gasteiger partial charge in [-0.2, -0.15) is 0 Å². The summed E-state index contributed by atoms with van der Waals surface area (Å²) >= 11 is 2.23. The van der Waals surface area contributed by atoms with Gasteiger partial charge in [0.2, 0.25) is 0 Å². The van der Waals surface area contributed by atoms with Gasteiger partial charge in [0.1, 0.15) is 0 Å². The van der Waals surface area contributed by atoms with Crippen LogP contribution in [-0.2, 0) is 0 Å². The van der Waals surface area contributed by atoms with Crippen LogP contribution in [0.25, 0.3) is 0 Å². The fourth-order valence-corrected chi connectivity index (χ4v) is 2.28. The average molecular weight is 283 g/mol. The first kappa shape index (κ1) is 12.7. The lowest BCUT2D eigenvalue weighted by Gasteiger charge is -2.23. The highest BCUT2D eigenvalue weighted by Crippen LogP contribution is 2.25. The third-order valence-electron chi connectivity index (χ3n) is 2.85. The van der Waals surface area contributed by atoms with Gasteiger partial charge in [-0.05, 0) is 18.3 Å². The minimum atomic E-state index is 0.933. The van der Waals surface area contributed by atoms with Crippen LogP contribution in [0.5, 0.6) is 0 Å². The predicted octanol–water partition coefficient (Wildman–Crippen LogP) is 3.78. The van der Waals surface area contributed by atoms with Gasteiger partial charge < -0.3 is 0 Å². The van der Waals surface area contributed by atoms with Crippen LogP contribution < -0.4 is 3.53 Å². The number of nitrogens with one attached hydrogen (secondary N) is 1. The molecule has 0 heterocycles. The van der Waals surface area contributed by atoms with Crippen molar-refractivity contribution in [2.24, 2.45) is 11.8 Å². The van der Waals surface area contributed by atoms with Gasteiger partial charge in [0.05, 0.1) is 0 Å². The highest BCUT2D eigenvalue weighted by Gasteiger charge is 2.15. The van der Waals surface area contributed by atoms with Crippen LogP contribution in [-0.4, -0.2) is 6.54 Å². The molecule has 1 atom stereocenters. The van der Waals surface area contributed by atoms with E-state index in [0.717, 1.165) is 18.4 Å². The Morgan fingerprint density at radius 1 is 1.00 bits per heavy atom. The third-order valence-corrected chi connectivity index (χ3v) is 3.39. The molecule has 0 rings (SSSR count). The molecule has 0 saturated heterocycles. The van der Waals surface area contributed by atoms with Crippen molar-refractivity contribution in [3.8, 4) is 0 Å². The van der Waals surface area contributed by atoms with Crippen molar-refractivity contribution in [3.05, 3.63) is 0 Å². The second-order valence-corrected chi connectivity index (χ2v) is 4.18. The third kappa shape index (κ3) is 4.65. The Balaban J connectivity index is 3.75. The summed E-state index contributed by atoms with van der Waals surface area (Å²) in [5, 5.41) is 0. The maximum Gasteiger partial charge on any atom is 0.0169 e. The predicted molar refractivity (Wildman–Crippen MR) is 64.5 cm³/mol. The zero-order valence-corrected chi connectivity index (χ0v) is 10.7. The van der Waals surface area contributed by atoms with Crippen molar-refractivity contribution in [2.45, 2.75) is 46.5 Å². The normalized spacial score (nSPS) is 13.8. The second-order valence-electron chi connectivity index (χ2n) is 3.42. The molecule has 0 aromatic rings. The van der Waals surface area contributed by atoms with Gasteiger partial charge in [0.25, 0.3) is 0 Å². The Kier molecular flexibility index (Phi) is 8.77. The first-order valence-corrected chi connectivity index (χ1v) is 6.21. The van der Waals surface area contributed by atoms with Gasteiger partial charge in [-0.15, -0.1) is 0 Å². The van der Waals surface area contributed by atoms with Gasteiger partial charge in [0.15, 0.2) is 0 Å². The Morgan fingerprint density at radius 3 is 1.83 bits per heavy atom. The van der Waals surface area contributed by atoms with E-state index in [-0.39, 0.29) is 0 Å². The number of hydrogen-bond donors (Lipinski definition) is 1. The Bertz CT molecular complexity index is 91.8. The molecule has 2 heteroatoms. The van der Waals surface area contributed by atoms with Crippen LogP contribution in [0.15, 0.2) is 0 Å². The van der Waals surface area contributed by atoms with Crippen molar-refractivity contribution in [1.29, 1.82) is 0 Å². The monoisotopic (exact) mass is 283 g/mol. The minimum Gasteiger partial charge on any atom is -0.261 e. The summed E-state index contributed by atoms with van der Waals surface area (Å²) in [5.41, 5.74) is 0. The van der Waals surface area contributed by atoms with Gasteiger partial charge >= 0.3 is 0 Å². The lowest BCUT2D eigenvalue weighted by Crippen LogP contribution is -2.16. The Labute approximate surface area is 91.2 Å². The van der Waals surface area contributed by atoms with E-state index in [1.165, 1.54) is 25.7 Å². The van der Waals surface area contributed by atoms with E-state index in [1.807, 2.05) is 0 Å². The van der Waals surface area contributed by atoms with Crippen LogP contribution >= 0.6 is 22.9 Å². The molecule has 1 N–H and O–H groups in total. The zero-order valence-electron chi connectivity index (χ0n) is 8.57. The summed E-state index contributed by atoms with van der Waals surface area (Å²) in [7, 11) is 0. The Hall–Kier alpha value is 0.690. The van der Waals surface area contributed by atoms with Crippen LogP contribution in [0, 0.1) is 11.8 Å². The first-order chi connectivity index (χ1) is 5.79. The molecule has 0 aromatic heterocycles. The molecular weight excluding hydrogens is 261 g/mol. The Morgan fingerprint density at radius 2 is 1.50 bits per heavy atom. The van der Waals surface area contributed by atoms with E-state index in [4.69, 9.17) is 0 Å². The van der Waals surface area contributed by atoms with E-state index in [2.05, 4.69) is 47.2 Å². The molecule has 0 aromatic carbocycles. The van der Waals surface area contributed by atoms with Gasteiger partial charge in [-0.25, -0.2) is 0 Å². The lowest BCUT2D eigenvalue weighted by atomic mass is 9.84. The maximum absolute atomic E-state index is 3.21. The van der Waals surface area contributed by atoms with Gasteiger partial charge in [-0.1, -0.05) is 40.0 Å². The molecule has 0 saturated carbocycles. The molecule has 0 fully saturated rings. The van der Waals surface area contributed by atoms with Crippen LogP contribution in [0.3, 0.4) is 0 Å². The quantitative estimate of drug-likeness (QED) is 0.554. The van der Waals surface area contributed by atoms with Crippen molar-refractivity contribution in [1.82, 2.24) is 3.53 Å².